The van der Waals surface area contributed by atoms with Gasteiger partial charge in [0.1, 0.15) is 23.5 Å². The van der Waals surface area contributed by atoms with Gasteiger partial charge in [-0.2, -0.15) is 0 Å². The van der Waals surface area contributed by atoms with E-state index in [4.69, 9.17) is 5.84 Å². The van der Waals surface area contributed by atoms with Crippen LogP contribution in [-0.2, 0) is 9.59 Å². The normalized spacial score (nSPS) is 18.2. The standard InChI is InChI=1S/C11H16N6O2/c1-6-8(16-12)13-5-14-9(6)17-4-7(18)15-10(19)11(17,2)3/h5H,4,12H2,1-3H3,(H,13,14,16)(H,15,18,19). The number of carbonyl (C=O) groups is 2. The van der Waals surface area contributed by atoms with Crippen LogP contribution in [0.4, 0.5) is 11.6 Å². The number of nitrogens with zero attached hydrogens (tertiary/aromatic N) is 3. The van der Waals surface area contributed by atoms with Gasteiger partial charge in [-0.1, -0.05) is 0 Å². The van der Waals surface area contributed by atoms with Gasteiger partial charge in [-0.05, 0) is 20.8 Å². The Hall–Kier alpha value is -2.22. The van der Waals surface area contributed by atoms with Gasteiger partial charge in [-0.15, -0.1) is 0 Å². The highest BCUT2D eigenvalue weighted by Gasteiger charge is 2.42. The van der Waals surface area contributed by atoms with Gasteiger partial charge >= 0.3 is 0 Å². The molecule has 4 N–H and O–H groups in total. The zero-order chi connectivity index (χ0) is 14.2. The van der Waals surface area contributed by atoms with Crippen LogP contribution in [0, 0.1) is 6.92 Å². The molecule has 8 heteroatoms. The Bertz CT molecular complexity index is 542. The minimum Gasteiger partial charge on any atom is -0.333 e. The summed E-state index contributed by atoms with van der Waals surface area (Å²) in [5, 5.41) is 2.31. The molecule has 8 nitrogen and oxygen atoms in total. The van der Waals surface area contributed by atoms with Crippen LogP contribution < -0.4 is 21.5 Å². The van der Waals surface area contributed by atoms with Crippen molar-refractivity contribution in [3.05, 3.63) is 11.9 Å². The van der Waals surface area contributed by atoms with E-state index in [1.807, 2.05) is 0 Å². The van der Waals surface area contributed by atoms with Gasteiger partial charge in [0.2, 0.25) is 5.91 Å². The number of imide groups is 1. The highest BCUT2D eigenvalue weighted by atomic mass is 16.2. The second-order valence-electron chi connectivity index (χ2n) is 4.84. The predicted molar refractivity (Wildman–Crippen MR) is 69.2 cm³/mol. The summed E-state index contributed by atoms with van der Waals surface area (Å²) in [6.07, 6.45) is 1.34. The molecular weight excluding hydrogens is 248 g/mol. The largest absolute Gasteiger partial charge is 0.333 e. The number of anilines is 2. The summed E-state index contributed by atoms with van der Waals surface area (Å²) in [6, 6.07) is 0. The lowest BCUT2D eigenvalue weighted by molar-refractivity contribution is -0.135. The number of rotatable bonds is 2. The van der Waals surface area contributed by atoms with Crippen molar-refractivity contribution in [2.24, 2.45) is 5.84 Å². The van der Waals surface area contributed by atoms with E-state index >= 15 is 0 Å². The lowest BCUT2D eigenvalue weighted by atomic mass is 9.98. The molecule has 1 fully saturated rings. The molecule has 0 radical (unpaired) electrons. The number of amides is 2. The van der Waals surface area contributed by atoms with Crippen molar-refractivity contribution >= 4 is 23.5 Å². The Kier molecular flexibility index (Phi) is 3.11. The van der Waals surface area contributed by atoms with E-state index in [9.17, 15) is 9.59 Å². The molecule has 0 aromatic carbocycles. The molecule has 19 heavy (non-hydrogen) atoms. The Morgan fingerprint density at radius 2 is 2.11 bits per heavy atom. The minimum absolute atomic E-state index is 0.0562. The molecule has 0 spiro atoms. The first-order valence-corrected chi connectivity index (χ1v) is 5.78. The summed E-state index contributed by atoms with van der Waals surface area (Å²) < 4.78 is 0. The molecule has 1 aliphatic heterocycles. The molecule has 0 saturated carbocycles. The van der Waals surface area contributed by atoms with Gasteiger partial charge in [0.05, 0.1) is 6.54 Å². The quantitative estimate of drug-likeness (QED) is 0.368. The Morgan fingerprint density at radius 1 is 1.42 bits per heavy atom. The summed E-state index contributed by atoms with van der Waals surface area (Å²) in [5.41, 5.74) is 2.27. The first kappa shape index (κ1) is 13.2. The lowest BCUT2D eigenvalue weighted by Gasteiger charge is -2.41. The van der Waals surface area contributed by atoms with Crippen LogP contribution in [0.3, 0.4) is 0 Å². The number of nitrogens with one attached hydrogen (secondary N) is 2. The van der Waals surface area contributed by atoms with Crippen LogP contribution in [0.25, 0.3) is 0 Å². The molecule has 0 bridgehead atoms. The molecule has 1 aromatic rings. The van der Waals surface area contributed by atoms with Crippen LogP contribution in [0.15, 0.2) is 6.33 Å². The van der Waals surface area contributed by atoms with Gasteiger partial charge in [-0.3, -0.25) is 14.9 Å². The molecule has 1 saturated heterocycles. The number of nitrogen functional groups attached to an aromatic ring is 1. The van der Waals surface area contributed by atoms with Crippen LogP contribution in [-0.4, -0.2) is 33.9 Å². The third-order valence-electron chi connectivity index (χ3n) is 3.23. The van der Waals surface area contributed by atoms with Crippen LogP contribution >= 0.6 is 0 Å². The molecule has 0 atom stereocenters. The highest BCUT2D eigenvalue weighted by molar-refractivity contribution is 6.06. The van der Waals surface area contributed by atoms with Crippen molar-refractivity contribution in [1.29, 1.82) is 0 Å². The third kappa shape index (κ3) is 2.10. The summed E-state index contributed by atoms with van der Waals surface area (Å²) in [6.45, 7) is 5.29. The highest BCUT2D eigenvalue weighted by Crippen LogP contribution is 2.29. The summed E-state index contributed by atoms with van der Waals surface area (Å²) in [7, 11) is 0. The van der Waals surface area contributed by atoms with Gasteiger partial charge in [0, 0.05) is 5.56 Å². The maximum Gasteiger partial charge on any atom is 0.251 e. The molecule has 2 rings (SSSR count). The molecule has 102 valence electrons. The lowest BCUT2D eigenvalue weighted by Crippen LogP contribution is -2.64. The molecule has 1 aliphatic rings. The SMILES string of the molecule is Cc1c(NN)ncnc1N1CC(=O)NC(=O)C1(C)C. The smallest absolute Gasteiger partial charge is 0.251 e. The molecule has 0 aliphatic carbocycles. The average molecular weight is 264 g/mol. The van der Waals surface area contributed by atoms with Crippen molar-refractivity contribution in [2.75, 3.05) is 16.9 Å². The molecule has 0 unspecified atom stereocenters. The fraction of sp³-hybridized carbons (Fsp3) is 0.455. The van der Waals surface area contributed by atoms with Crippen molar-refractivity contribution in [1.82, 2.24) is 15.3 Å². The zero-order valence-corrected chi connectivity index (χ0v) is 11.0. The van der Waals surface area contributed by atoms with Crippen molar-refractivity contribution in [3.63, 3.8) is 0 Å². The fourth-order valence-electron chi connectivity index (χ4n) is 1.98. The zero-order valence-electron chi connectivity index (χ0n) is 11.0. The van der Waals surface area contributed by atoms with Crippen molar-refractivity contribution in [2.45, 2.75) is 26.3 Å². The topological polar surface area (TPSA) is 113 Å². The number of nitrogens with two attached hydrogens (primary N) is 1. The molecule has 2 heterocycles. The van der Waals surface area contributed by atoms with Gasteiger partial charge in [0.25, 0.3) is 5.91 Å². The van der Waals surface area contributed by atoms with Gasteiger partial charge in [0.15, 0.2) is 0 Å². The van der Waals surface area contributed by atoms with Gasteiger partial charge < -0.3 is 10.3 Å². The Labute approximate surface area is 110 Å². The van der Waals surface area contributed by atoms with Crippen LogP contribution in [0.1, 0.15) is 19.4 Å². The van der Waals surface area contributed by atoms with Crippen molar-refractivity contribution in [3.8, 4) is 0 Å². The van der Waals surface area contributed by atoms with E-state index in [-0.39, 0.29) is 18.4 Å². The molecule has 2 amide bonds. The maximum atomic E-state index is 11.9. The monoisotopic (exact) mass is 264 g/mol. The minimum atomic E-state index is -0.876. The number of hydrogen-bond acceptors (Lipinski definition) is 7. The van der Waals surface area contributed by atoms with E-state index in [0.29, 0.717) is 17.2 Å². The van der Waals surface area contributed by atoms with E-state index in [1.165, 1.54) is 6.33 Å². The second kappa shape index (κ2) is 4.47. The Morgan fingerprint density at radius 3 is 2.74 bits per heavy atom. The van der Waals surface area contributed by atoms with Crippen LogP contribution in [0.2, 0.25) is 0 Å². The maximum absolute atomic E-state index is 11.9. The van der Waals surface area contributed by atoms with E-state index in [0.717, 1.165) is 0 Å². The van der Waals surface area contributed by atoms with Crippen LogP contribution in [0.5, 0.6) is 0 Å². The first-order valence-electron chi connectivity index (χ1n) is 5.78. The van der Waals surface area contributed by atoms with E-state index in [1.54, 1.807) is 25.7 Å². The Balaban J connectivity index is 2.50. The fourth-order valence-corrected chi connectivity index (χ4v) is 1.98. The van der Waals surface area contributed by atoms with Crippen molar-refractivity contribution < 1.29 is 9.59 Å². The second-order valence-corrected chi connectivity index (χ2v) is 4.84. The van der Waals surface area contributed by atoms with E-state index in [2.05, 4.69) is 20.7 Å². The average Bonchev–Trinajstić information content (AvgIpc) is 2.35. The molecular formula is C11H16N6O2. The first-order chi connectivity index (χ1) is 8.87. The van der Waals surface area contributed by atoms with E-state index < -0.39 is 5.54 Å². The number of piperazine rings is 1. The molecule has 1 aromatic heterocycles. The summed E-state index contributed by atoms with van der Waals surface area (Å²) in [4.78, 5) is 33.3. The summed E-state index contributed by atoms with van der Waals surface area (Å²) in [5.74, 6) is 5.62. The predicted octanol–water partition coefficient (Wildman–Crippen LogP) is -0.688. The third-order valence-corrected chi connectivity index (χ3v) is 3.23. The summed E-state index contributed by atoms with van der Waals surface area (Å²) >= 11 is 0. The number of aromatic nitrogens is 2. The number of hydrazine groups is 1. The number of carbonyl (C=O) groups excluding carboxylic acids is 2. The van der Waals surface area contributed by atoms with Gasteiger partial charge in [-0.25, -0.2) is 15.8 Å². The number of hydrogen-bond donors (Lipinski definition) is 3.